The maximum atomic E-state index is 5.68. The topological polar surface area (TPSA) is 21.7 Å². The first kappa shape index (κ1) is 15.8. The molecule has 0 spiro atoms. The SMILES string of the molecule is COCOc1ccc(C)cc1Pc1ccccc1N(C)C. The summed E-state index contributed by atoms with van der Waals surface area (Å²) in [6, 6.07) is 14.8. The van der Waals surface area contributed by atoms with Crippen LogP contribution in [0.4, 0.5) is 5.69 Å². The second-order valence-electron chi connectivity index (χ2n) is 5.09. The quantitative estimate of drug-likeness (QED) is 0.605. The zero-order valence-electron chi connectivity index (χ0n) is 13.0. The summed E-state index contributed by atoms with van der Waals surface area (Å²) in [4.78, 5) is 2.15. The molecule has 0 radical (unpaired) electrons. The van der Waals surface area contributed by atoms with Gasteiger partial charge in [0.2, 0.25) is 0 Å². The molecule has 4 heteroatoms. The van der Waals surface area contributed by atoms with Crippen molar-refractivity contribution in [3.05, 3.63) is 48.0 Å². The number of hydrogen-bond acceptors (Lipinski definition) is 3. The maximum absolute atomic E-state index is 5.68. The normalized spacial score (nSPS) is 11.0. The molecule has 2 aromatic rings. The number of aryl methyl sites for hydroxylation is 1. The van der Waals surface area contributed by atoms with Crippen molar-refractivity contribution in [2.45, 2.75) is 6.92 Å². The molecule has 0 amide bonds. The summed E-state index contributed by atoms with van der Waals surface area (Å²) in [5.74, 6) is 0.898. The Bertz CT molecular complexity index is 599. The summed E-state index contributed by atoms with van der Waals surface area (Å²) in [5, 5.41) is 2.52. The minimum Gasteiger partial charge on any atom is -0.467 e. The standard InChI is InChI=1S/C17H22NO2P/c1-13-9-10-15(20-12-19-4)17(11-13)21-16-8-6-5-7-14(16)18(2)3/h5-11,21H,12H2,1-4H3. The van der Waals surface area contributed by atoms with E-state index in [0.717, 1.165) is 5.75 Å². The second-order valence-corrected chi connectivity index (χ2v) is 6.41. The van der Waals surface area contributed by atoms with Crippen LogP contribution < -0.4 is 20.2 Å². The zero-order chi connectivity index (χ0) is 15.2. The first-order valence-corrected chi connectivity index (χ1v) is 7.87. The van der Waals surface area contributed by atoms with E-state index in [9.17, 15) is 0 Å². The van der Waals surface area contributed by atoms with Crippen LogP contribution in [0.25, 0.3) is 0 Å². The molecule has 0 aliphatic heterocycles. The van der Waals surface area contributed by atoms with Gasteiger partial charge < -0.3 is 14.4 Å². The molecular weight excluding hydrogens is 281 g/mol. The molecule has 0 aliphatic carbocycles. The van der Waals surface area contributed by atoms with E-state index in [2.05, 4.69) is 62.3 Å². The Morgan fingerprint density at radius 3 is 2.52 bits per heavy atom. The summed E-state index contributed by atoms with van der Waals surface area (Å²) in [6.45, 7) is 2.38. The van der Waals surface area contributed by atoms with Crippen molar-refractivity contribution >= 4 is 24.9 Å². The average Bonchev–Trinajstić information content (AvgIpc) is 2.47. The Labute approximate surface area is 128 Å². The summed E-state index contributed by atoms with van der Waals surface area (Å²) >= 11 is 0. The molecule has 0 bridgehead atoms. The first-order chi connectivity index (χ1) is 10.1. The fourth-order valence-corrected chi connectivity index (χ4v) is 3.59. The molecule has 0 saturated carbocycles. The van der Waals surface area contributed by atoms with Gasteiger partial charge in [-0.2, -0.15) is 0 Å². The molecule has 1 unspecified atom stereocenters. The van der Waals surface area contributed by atoms with Crippen LogP contribution in [0.15, 0.2) is 42.5 Å². The molecule has 0 saturated heterocycles. The van der Waals surface area contributed by atoms with Crippen molar-refractivity contribution in [2.24, 2.45) is 0 Å². The van der Waals surface area contributed by atoms with E-state index in [4.69, 9.17) is 9.47 Å². The van der Waals surface area contributed by atoms with Gasteiger partial charge in [0.1, 0.15) is 5.75 Å². The van der Waals surface area contributed by atoms with Crippen LogP contribution in [-0.4, -0.2) is 28.0 Å². The highest BCUT2D eigenvalue weighted by molar-refractivity contribution is 7.56. The third-order valence-corrected chi connectivity index (χ3v) is 4.47. The van der Waals surface area contributed by atoms with Gasteiger partial charge in [-0.25, -0.2) is 0 Å². The Balaban J connectivity index is 2.32. The van der Waals surface area contributed by atoms with E-state index in [-0.39, 0.29) is 6.79 Å². The summed E-state index contributed by atoms with van der Waals surface area (Å²) in [7, 11) is 6.33. The number of hydrogen-bond donors (Lipinski definition) is 0. The average molecular weight is 303 g/mol. The minimum atomic E-state index is 0.274. The van der Waals surface area contributed by atoms with Crippen molar-refractivity contribution in [2.75, 3.05) is 32.9 Å². The van der Waals surface area contributed by atoms with Crippen molar-refractivity contribution in [3.8, 4) is 5.75 Å². The Hall–Kier alpha value is -1.57. The second kappa shape index (κ2) is 7.44. The van der Waals surface area contributed by atoms with Crippen LogP contribution in [0.2, 0.25) is 0 Å². The van der Waals surface area contributed by atoms with Gasteiger partial charge in [-0.1, -0.05) is 38.4 Å². The zero-order valence-corrected chi connectivity index (χ0v) is 14.0. The summed E-state index contributed by atoms with van der Waals surface area (Å²) in [5.41, 5.74) is 2.49. The Morgan fingerprint density at radius 1 is 1.05 bits per heavy atom. The first-order valence-electron chi connectivity index (χ1n) is 6.87. The minimum absolute atomic E-state index is 0.274. The number of methoxy groups -OCH3 is 1. The summed E-state index contributed by atoms with van der Waals surface area (Å²) in [6.07, 6.45) is 0. The molecule has 0 fully saturated rings. The molecule has 112 valence electrons. The lowest BCUT2D eigenvalue weighted by molar-refractivity contribution is 0.0519. The largest absolute Gasteiger partial charge is 0.467 e. The van der Waals surface area contributed by atoms with Crippen molar-refractivity contribution < 1.29 is 9.47 Å². The van der Waals surface area contributed by atoms with E-state index < -0.39 is 0 Å². The van der Waals surface area contributed by atoms with Crippen LogP contribution >= 0.6 is 8.58 Å². The molecule has 0 aromatic heterocycles. The number of rotatable bonds is 6. The highest BCUT2D eigenvalue weighted by Gasteiger charge is 2.09. The van der Waals surface area contributed by atoms with E-state index in [0.29, 0.717) is 8.58 Å². The molecule has 0 N–H and O–H groups in total. The number of anilines is 1. The molecular formula is C17H22NO2P. The van der Waals surface area contributed by atoms with Crippen molar-refractivity contribution in [1.29, 1.82) is 0 Å². The predicted molar refractivity (Wildman–Crippen MR) is 92.0 cm³/mol. The molecule has 1 atom stereocenters. The van der Waals surface area contributed by atoms with Gasteiger partial charge in [0.05, 0.1) is 0 Å². The van der Waals surface area contributed by atoms with Crippen LogP contribution in [0.3, 0.4) is 0 Å². The molecule has 2 aromatic carbocycles. The predicted octanol–water partition coefficient (Wildman–Crippen LogP) is 2.67. The van der Waals surface area contributed by atoms with Gasteiger partial charge in [-0.3, -0.25) is 0 Å². The van der Waals surface area contributed by atoms with Crippen molar-refractivity contribution in [1.82, 2.24) is 0 Å². The number of para-hydroxylation sites is 1. The van der Waals surface area contributed by atoms with Gasteiger partial charge in [-0.15, -0.1) is 0 Å². The maximum Gasteiger partial charge on any atom is 0.188 e. The molecule has 0 aliphatic rings. The lowest BCUT2D eigenvalue weighted by Crippen LogP contribution is -2.18. The smallest absolute Gasteiger partial charge is 0.188 e. The number of benzene rings is 2. The van der Waals surface area contributed by atoms with Gasteiger partial charge in [-0.05, 0) is 25.1 Å². The molecule has 3 nitrogen and oxygen atoms in total. The van der Waals surface area contributed by atoms with Gasteiger partial charge in [0.15, 0.2) is 6.79 Å². The third-order valence-electron chi connectivity index (χ3n) is 3.12. The van der Waals surface area contributed by atoms with Crippen LogP contribution in [-0.2, 0) is 4.74 Å². The van der Waals surface area contributed by atoms with E-state index in [1.165, 1.54) is 21.9 Å². The lowest BCUT2D eigenvalue weighted by Gasteiger charge is -2.18. The van der Waals surface area contributed by atoms with E-state index in [1.54, 1.807) is 7.11 Å². The van der Waals surface area contributed by atoms with E-state index >= 15 is 0 Å². The van der Waals surface area contributed by atoms with Gasteiger partial charge in [0, 0.05) is 37.5 Å². The highest BCUT2D eigenvalue weighted by Crippen LogP contribution is 2.24. The lowest BCUT2D eigenvalue weighted by atomic mass is 10.2. The summed E-state index contributed by atoms with van der Waals surface area (Å²) < 4.78 is 10.7. The number of ether oxygens (including phenoxy) is 2. The monoisotopic (exact) mass is 303 g/mol. The third kappa shape index (κ3) is 4.20. The van der Waals surface area contributed by atoms with Gasteiger partial charge >= 0.3 is 0 Å². The highest BCUT2D eigenvalue weighted by atomic mass is 31.1. The van der Waals surface area contributed by atoms with Crippen LogP contribution in [0.1, 0.15) is 5.56 Å². The van der Waals surface area contributed by atoms with Gasteiger partial charge in [0.25, 0.3) is 0 Å². The van der Waals surface area contributed by atoms with Crippen LogP contribution in [0, 0.1) is 6.92 Å². The number of nitrogens with zero attached hydrogens (tertiary/aromatic N) is 1. The Kier molecular flexibility index (Phi) is 5.60. The molecule has 2 rings (SSSR count). The fraction of sp³-hybridized carbons (Fsp3) is 0.294. The molecule has 21 heavy (non-hydrogen) atoms. The van der Waals surface area contributed by atoms with Crippen LogP contribution in [0.5, 0.6) is 5.75 Å². The molecule has 0 heterocycles. The van der Waals surface area contributed by atoms with E-state index in [1.807, 2.05) is 6.07 Å². The fourth-order valence-electron chi connectivity index (χ4n) is 2.10. The Morgan fingerprint density at radius 2 is 1.81 bits per heavy atom. The van der Waals surface area contributed by atoms with Crippen molar-refractivity contribution in [3.63, 3.8) is 0 Å².